The van der Waals surface area contributed by atoms with Gasteiger partial charge in [0.2, 0.25) is 0 Å². The van der Waals surface area contributed by atoms with E-state index in [2.05, 4.69) is 17.2 Å². The summed E-state index contributed by atoms with van der Waals surface area (Å²) < 4.78 is 1.41. The van der Waals surface area contributed by atoms with E-state index in [0.29, 0.717) is 11.6 Å². The van der Waals surface area contributed by atoms with Crippen molar-refractivity contribution in [2.45, 2.75) is 38.6 Å². The van der Waals surface area contributed by atoms with Gasteiger partial charge in [0.25, 0.3) is 11.5 Å². The third kappa shape index (κ3) is 2.44. The number of hydrogen-bond donors (Lipinski definition) is 1. The van der Waals surface area contributed by atoms with E-state index >= 15 is 0 Å². The summed E-state index contributed by atoms with van der Waals surface area (Å²) in [6, 6.07) is 5.43. The van der Waals surface area contributed by atoms with Gasteiger partial charge in [-0.2, -0.15) is 0 Å². The molecule has 2 aliphatic carbocycles. The molecule has 0 aliphatic heterocycles. The standard InChI is InChI=1S/C18H21N3O2/c1-11(14-9-12-5-6-13(14)8-12)20-17(22)15-10-19-16-4-2-3-7-21(16)18(15)23/h2-4,7,10-14H,5-6,8-9H2,1H3,(H,20,22)/t11-,12-,13-,14+/m0/s1. The molecule has 1 N–H and O–H groups in total. The molecule has 0 radical (unpaired) electrons. The quantitative estimate of drug-likeness (QED) is 0.945. The molecule has 120 valence electrons. The minimum absolute atomic E-state index is 0.105. The SMILES string of the molecule is C[C@H](NC(=O)c1cnc2ccccn2c1=O)[C@H]1C[C@H]2CC[C@H]1C2. The highest BCUT2D eigenvalue weighted by Gasteiger charge is 2.42. The second-order valence-corrected chi connectivity index (χ2v) is 7.01. The number of hydrogen-bond acceptors (Lipinski definition) is 3. The monoisotopic (exact) mass is 311 g/mol. The van der Waals surface area contributed by atoms with Crippen molar-refractivity contribution in [3.05, 3.63) is 46.5 Å². The van der Waals surface area contributed by atoms with Crippen LogP contribution in [0.25, 0.3) is 5.65 Å². The number of amides is 1. The number of carbonyl (C=O) groups excluding carboxylic acids is 1. The molecule has 2 heterocycles. The summed E-state index contributed by atoms with van der Waals surface area (Å²) >= 11 is 0. The lowest BCUT2D eigenvalue weighted by atomic mass is 9.84. The van der Waals surface area contributed by atoms with Crippen LogP contribution in [0.4, 0.5) is 0 Å². The molecular weight excluding hydrogens is 290 g/mol. The molecule has 4 rings (SSSR count). The lowest BCUT2D eigenvalue weighted by Crippen LogP contribution is -2.42. The Morgan fingerprint density at radius 3 is 2.96 bits per heavy atom. The summed E-state index contributed by atoms with van der Waals surface area (Å²) in [4.78, 5) is 29.2. The van der Waals surface area contributed by atoms with Crippen LogP contribution in [0.3, 0.4) is 0 Å². The zero-order valence-electron chi connectivity index (χ0n) is 13.2. The summed E-state index contributed by atoms with van der Waals surface area (Å²) in [5.41, 5.74) is 0.354. The third-order valence-corrected chi connectivity index (χ3v) is 5.65. The van der Waals surface area contributed by atoms with Crippen molar-refractivity contribution in [1.29, 1.82) is 0 Å². The van der Waals surface area contributed by atoms with E-state index in [1.54, 1.807) is 18.3 Å². The van der Waals surface area contributed by atoms with Crippen LogP contribution in [0, 0.1) is 17.8 Å². The molecule has 0 saturated heterocycles. The number of rotatable bonds is 3. The Bertz CT molecular complexity index is 813. The Morgan fingerprint density at radius 1 is 1.35 bits per heavy atom. The average Bonchev–Trinajstić information content (AvgIpc) is 3.18. The predicted octanol–water partition coefficient (Wildman–Crippen LogP) is 2.25. The number of pyridine rings is 1. The van der Waals surface area contributed by atoms with E-state index in [0.717, 1.165) is 11.8 Å². The summed E-state index contributed by atoms with van der Waals surface area (Å²) in [6.45, 7) is 2.06. The summed E-state index contributed by atoms with van der Waals surface area (Å²) in [5.74, 6) is 1.83. The molecule has 0 aromatic carbocycles. The van der Waals surface area contributed by atoms with Crippen LogP contribution in [0.2, 0.25) is 0 Å². The molecule has 2 fully saturated rings. The maximum absolute atomic E-state index is 12.5. The van der Waals surface area contributed by atoms with Crippen LogP contribution >= 0.6 is 0 Å². The highest BCUT2D eigenvalue weighted by molar-refractivity contribution is 5.93. The minimum Gasteiger partial charge on any atom is -0.349 e. The average molecular weight is 311 g/mol. The Balaban J connectivity index is 1.55. The summed E-state index contributed by atoms with van der Waals surface area (Å²) in [5, 5.41) is 3.04. The zero-order chi connectivity index (χ0) is 16.0. The topological polar surface area (TPSA) is 63.5 Å². The van der Waals surface area contributed by atoms with Gasteiger partial charge in [-0.05, 0) is 56.1 Å². The fourth-order valence-corrected chi connectivity index (χ4v) is 4.48. The fourth-order valence-electron chi connectivity index (χ4n) is 4.48. The van der Waals surface area contributed by atoms with Crippen LogP contribution in [0.1, 0.15) is 43.0 Å². The molecule has 0 spiro atoms. The first-order valence-corrected chi connectivity index (χ1v) is 8.40. The second-order valence-electron chi connectivity index (χ2n) is 7.01. The molecule has 2 saturated carbocycles. The van der Waals surface area contributed by atoms with Crippen LogP contribution in [-0.4, -0.2) is 21.3 Å². The zero-order valence-corrected chi connectivity index (χ0v) is 13.2. The van der Waals surface area contributed by atoms with Crippen molar-refractivity contribution in [3.63, 3.8) is 0 Å². The van der Waals surface area contributed by atoms with Gasteiger partial charge in [-0.3, -0.25) is 14.0 Å². The van der Waals surface area contributed by atoms with Crippen LogP contribution in [0.5, 0.6) is 0 Å². The molecule has 2 aliphatic rings. The third-order valence-electron chi connectivity index (χ3n) is 5.65. The molecule has 5 nitrogen and oxygen atoms in total. The first-order chi connectivity index (χ1) is 11.1. The van der Waals surface area contributed by atoms with E-state index in [4.69, 9.17) is 0 Å². The number of carbonyl (C=O) groups is 1. The van der Waals surface area contributed by atoms with E-state index < -0.39 is 0 Å². The van der Waals surface area contributed by atoms with Gasteiger partial charge in [0.15, 0.2) is 0 Å². The van der Waals surface area contributed by atoms with Crippen molar-refractivity contribution >= 4 is 11.6 Å². The highest BCUT2D eigenvalue weighted by atomic mass is 16.2. The summed E-state index contributed by atoms with van der Waals surface area (Å²) in [6.07, 6.45) is 8.18. The lowest BCUT2D eigenvalue weighted by molar-refractivity contribution is 0.0913. The van der Waals surface area contributed by atoms with Gasteiger partial charge in [-0.25, -0.2) is 4.98 Å². The highest BCUT2D eigenvalue weighted by Crippen LogP contribution is 2.49. The van der Waals surface area contributed by atoms with Gasteiger partial charge < -0.3 is 5.32 Å². The molecule has 5 heteroatoms. The van der Waals surface area contributed by atoms with E-state index in [-0.39, 0.29) is 23.1 Å². The van der Waals surface area contributed by atoms with Crippen LogP contribution < -0.4 is 10.9 Å². The van der Waals surface area contributed by atoms with Gasteiger partial charge in [-0.1, -0.05) is 12.5 Å². The predicted molar refractivity (Wildman–Crippen MR) is 87.3 cm³/mol. The van der Waals surface area contributed by atoms with Crippen LogP contribution in [-0.2, 0) is 0 Å². The smallest absolute Gasteiger partial charge is 0.270 e. The molecule has 2 bridgehead atoms. The van der Waals surface area contributed by atoms with Crippen molar-refractivity contribution in [2.75, 3.05) is 0 Å². The fraction of sp³-hybridized carbons (Fsp3) is 0.500. The lowest BCUT2D eigenvalue weighted by Gasteiger charge is -2.28. The van der Waals surface area contributed by atoms with Gasteiger partial charge in [0, 0.05) is 18.4 Å². The molecule has 2 aromatic rings. The number of fused-ring (bicyclic) bond motifs is 3. The van der Waals surface area contributed by atoms with Gasteiger partial charge >= 0.3 is 0 Å². The molecule has 0 unspecified atom stereocenters. The second kappa shape index (κ2) is 5.48. The number of aromatic nitrogens is 2. The van der Waals surface area contributed by atoms with Crippen molar-refractivity contribution in [2.24, 2.45) is 17.8 Å². The minimum atomic E-state index is -0.312. The number of nitrogens with one attached hydrogen (secondary N) is 1. The van der Waals surface area contributed by atoms with Gasteiger partial charge in [-0.15, -0.1) is 0 Å². The largest absolute Gasteiger partial charge is 0.349 e. The molecule has 4 atom stereocenters. The molecule has 23 heavy (non-hydrogen) atoms. The molecule has 1 amide bonds. The van der Waals surface area contributed by atoms with Gasteiger partial charge in [0.1, 0.15) is 11.2 Å². The van der Waals surface area contributed by atoms with Gasteiger partial charge in [0.05, 0.1) is 0 Å². The number of nitrogens with zero attached hydrogens (tertiary/aromatic N) is 2. The van der Waals surface area contributed by atoms with E-state index in [1.807, 2.05) is 6.07 Å². The first-order valence-electron chi connectivity index (χ1n) is 8.40. The maximum atomic E-state index is 12.5. The van der Waals surface area contributed by atoms with Crippen molar-refractivity contribution in [3.8, 4) is 0 Å². The van der Waals surface area contributed by atoms with Crippen LogP contribution in [0.15, 0.2) is 35.4 Å². The Labute approximate surface area is 134 Å². The van der Waals surface area contributed by atoms with E-state index in [1.165, 1.54) is 36.3 Å². The maximum Gasteiger partial charge on any atom is 0.270 e. The molecule has 2 aromatic heterocycles. The van der Waals surface area contributed by atoms with Crippen molar-refractivity contribution < 1.29 is 4.79 Å². The Morgan fingerprint density at radius 2 is 2.22 bits per heavy atom. The summed E-state index contributed by atoms with van der Waals surface area (Å²) in [7, 11) is 0. The Hall–Kier alpha value is -2.17. The van der Waals surface area contributed by atoms with E-state index in [9.17, 15) is 9.59 Å². The van der Waals surface area contributed by atoms with Crippen molar-refractivity contribution in [1.82, 2.24) is 14.7 Å². The molecular formula is C18H21N3O2. The first kappa shape index (κ1) is 14.4. The normalized spacial score (nSPS) is 27.3. The Kier molecular flexibility index (Phi) is 3.43.